The average Bonchev–Trinajstić information content (AvgIpc) is 3.17. The summed E-state index contributed by atoms with van der Waals surface area (Å²) in [5, 5.41) is 3.48. The Morgan fingerprint density at radius 1 is 1.08 bits per heavy atom. The van der Waals surface area contributed by atoms with Gasteiger partial charge in [0.15, 0.2) is 29.3 Å². The van der Waals surface area contributed by atoms with Crippen LogP contribution >= 0.6 is 11.6 Å². The number of ether oxygens (including phenoxy) is 2. The molecule has 7 heteroatoms. The van der Waals surface area contributed by atoms with E-state index < -0.39 is 0 Å². The Morgan fingerprint density at radius 2 is 1.85 bits per heavy atom. The predicted molar refractivity (Wildman–Crippen MR) is 95.6 cm³/mol. The standard InChI is InChI=1S/C19H15ClN2O4/c20-14-4-1-12(2-5-14)10-21-19(23)17-18(26-11-22-17)13-3-6-15-16(9-13)25-8-7-24-15/h1-6,9,11H,7-8,10H2,(H,21,23). The zero-order valence-electron chi connectivity index (χ0n) is 13.7. The molecule has 0 aliphatic carbocycles. The van der Waals surface area contributed by atoms with E-state index in [9.17, 15) is 4.79 Å². The number of hydrogen-bond acceptors (Lipinski definition) is 5. The molecule has 0 spiro atoms. The van der Waals surface area contributed by atoms with Gasteiger partial charge in [-0.3, -0.25) is 4.79 Å². The number of amides is 1. The smallest absolute Gasteiger partial charge is 0.274 e. The Balaban J connectivity index is 1.52. The second-order valence-corrected chi connectivity index (χ2v) is 6.13. The molecule has 0 fully saturated rings. The molecular formula is C19H15ClN2O4. The molecule has 1 aromatic heterocycles. The Bertz CT molecular complexity index is 937. The quantitative estimate of drug-likeness (QED) is 0.758. The van der Waals surface area contributed by atoms with E-state index in [1.54, 1.807) is 24.3 Å². The SMILES string of the molecule is O=C(NCc1ccc(Cl)cc1)c1ncoc1-c1ccc2c(c1)OCCO2. The third-order valence-corrected chi connectivity index (χ3v) is 4.21. The van der Waals surface area contributed by atoms with E-state index in [1.807, 2.05) is 18.2 Å². The van der Waals surface area contributed by atoms with Gasteiger partial charge in [-0.05, 0) is 35.9 Å². The van der Waals surface area contributed by atoms with Crippen LogP contribution in [-0.4, -0.2) is 24.1 Å². The van der Waals surface area contributed by atoms with E-state index in [1.165, 1.54) is 6.39 Å². The molecule has 6 nitrogen and oxygen atoms in total. The molecule has 26 heavy (non-hydrogen) atoms. The van der Waals surface area contributed by atoms with Crippen LogP contribution in [0.3, 0.4) is 0 Å². The summed E-state index contributed by atoms with van der Waals surface area (Å²) in [6.45, 7) is 1.37. The van der Waals surface area contributed by atoms with Crippen LogP contribution in [0.1, 0.15) is 16.1 Å². The topological polar surface area (TPSA) is 73.6 Å². The molecule has 0 bridgehead atoms. The second-order valence-electron chi connectivity index (χ2n) is 5.70. The number of nitrogens with zero attached hydrogens (tertiary/aromatic N) is 1. The first kappa shape index (κ1) is 16.5. The van der Waals surface area contributed by atoms with Crippen LogP contribution in [0.15, 0.2) is 53.3 Å². The van der Waals surface area contributed by atoms with E-state index in [0.29, 0.717) is 47.6 Å². The van der Waals surface area contributed by atoms with Gasteiger partial charge in [0, 0.05) is 17.1 Å². The zero-order valence-corrected chi connectivity index (χ0v) is 14.5. The Hall–Kier alpha value is -2.99. The van der Waals surface area contributed by atoms with Crippen molar-refractivity contribution in [2.45, 2.75) is 6.54 Å². The Labute approximate surface area is 154 Å². The molecule has 1 aliphatic heterocycles. The largest absolute Gasteiger partial charge is 0.486 e. The van der Waals surface area contributed by atoms with Gasteiger partial charge in [-0.25, -0.2) is 4.98 Å². The number of rotatable bonds is 4. The summed E-state index contributed by atoms with van der Waals surface area (Å²) >= 11 is 5.87. The normalized spacial score (nSPS) is 12.7. The fourth-order valence-electron chi connectivity index (χ4n) is 2.67. The van der Waals surface area contributed by atoms with Crippen LogP contribution in [0.4, 0.5) is 0 Å². The lowest BCUT2D eigenvalue weighted by atomic mass is 10.1. The molecule has 1 aliphatic rings. The lowest BCUT2D eigenvalue weighted by Crippen LogP contribution is -2.23. The number of carbonyl (C=O) groups excluding carboxylic acids is 1. The molecule has 2 aromatic carbocycles. The van der Waals surface area contributed by atoms with Crippen LogP contribution in [0, 0.1) is 0 Å². The molecule has 0 unspecified atom stereocenters. The summed E-state index contributed by atoms with van der Waals surface area (Å²) in [5.74, 6) is 1.36. The molecule has 0 atom stereocenters. The number of hydrogen-bond donors (Lipinski definition) is 1. The van der Waals surface area contributed by atoms with Crippen molar-refractivity contribution in [3.63, 3.8) is 0 Å². The van der Waals surface area contributed by atoms with E-state index in [2.05, 4.69) is 10.3 Å². The lowest BCUT2D eigenvalue weighted by molar-refractivity contribution is 0.0946. The highest BCUT2D eigenvalue weighted by Crippen LogP contribution is 2.35. The van der Waals surface area contributed by atoms with Gasteiger partial charge in [0.1, 0.15) is 13.2 Å². The summed E-state index contributed by atoms with van der Waals surface area (Å²) in [6.07, 6.45) is 1.25. The molecule has 3 aromatic rings. The third-order valence-electron chi connectivity index (χ3n) is 3.95. The summed E-state index contributed by atoms with van der Waals surface area (Å²) in [6, 6.07) is 12.6. The van der Waals surface area contributed by atoms with Crippen LogP contribution in [0.5, 0.6) is 11.5 Å². The number of oxazole rings is 1. The maximum absolute atomic E-state index is 12.5. The van der Waals surface area contributed by atoms with Crippen molar-refractivity contribution >= 4 is 17.5 Å². The van der Waals surface area contributed by atoms with Gasteiger partial charge in [0.2, 0.25) is 0 Å². The number of halogens is 1. The number of nitrogens with one attached hydrogen (secondary N) is 1. The van der Waals surface area contributed by atoms with Gasteiger partial charge in [-0.2, -0.15) is 0 Å². The van der Waals surface area contributed by atoms with Crippen molar-refractivity contribution < 1.29 is 18.7 Å². The number of benzene rings is 2. The van der Waals surface area contributed by atoms with Gasteiger partial charge in [0.25, 0.3) is 5.91 Å². The molecular weight excluding hydrogens is 356 g/mol. The fourth-order valence-corrected chi connectivity index (χ4v) is 2.79. The molecule has 1 amide bonds. The van der Waals surface area contributed by atoms with E-state index in [0.717, 1.165) is 5.56 Å². The van der Waals surface area contributed by atoms with Crippen LogP contribution in [0.25, 0.3) is 11.3 Å². The molecule has 0 saturated heterocycles. The highest BCUT2D eigenvalue weighted by molar-refractivity contribution is 6.30. The van der Waals surface area contributed by atoms with Gasteiger partial charge < -0.3 is 19.2 Å². The lowest BCUT2D eigenvalue weighted by Gasteiger charge is -2.18. The van der Waals surface area contributed by atoms with Gasteiger partial charge in [-0.1, -0.05) is 23.7 Å². The minimum Gasteiger partial charge on any atom is -0.486 e. The molecule has 1 N–H and O–H groups in total. The van der Waals surface area contributed by atoms with E-state index >= 15 is 0 Å². The maximum Gasteiger partial charge on any atom is 0.274 e. The molecule has 0 radical (unpaired) electrons. The monoisotopic (exact) mass is 370 g/mol. The van der Waals surface area contributed by atoms with Crippen molar-refractivity contribution in [3.8, 4) is 22.8 Å². The molecule has 132 valence electrons. The molecule has 0 saturated carbocycles. The summed E-state index contributed by atoms with van der Waals surface area (Å²) in [7, 11) is 0. The van der Waals surface area contributed by atoms with Crippen LogP contribution in [0.2, 0.25) is 5.02 Å². The predicted octanol–water partition coefficient (Wildman–Crippen LogP) is 3.70. The minimum atomic E-state index is -0.321. The average molecular weight is 371 g/mol. The van der Waals surface area contributed by atoms with Crippen LogP contribution in [-0.2, 0) is 6.54 Å². The summed E-state index contributed by atoms with van der Waals surface area (Å²) < 4.78 is 16.5. The highest BCUT2D eigenvalue weighted by Gasteiger charge is 2.20. The molecule has 4 rings (SSSR count). The van der Waals surface area contributed by atoms with Gasteiger partial charge in [-0.15, -0.1) is 0 Å². The Morgan fingerprint density at radius 3 is 2.65 bits per heavy atom. The van der Waals surface area contributed by atoms with E-state index in [-0.39, 0.29) is 11.6 Å². The van der Waals surface area contributed by atoms with Crippen molar-refractivity contribution in [1.29, 1.82) is 0 Å². The maximum atomic E-state index is 12.5. The van der Waals surface area contributed by atoms with Crippen LogP contribution < -0.4 is 14.8 Å². The van der Waals surface area contributed by atoms with E-state index in [4.69, 9.17) is 25.5 Å². The first-order chi connectivity index (χ1) is 12.7. The van der Waals surface area contributed by atoms with Crippen molar-refractivity contribution in [3.05, 3.63) is 65.1 Å². The second kappa shape index (κ2) is 7.09. The number of fused-ring (bicyclic) bond motifs is 1. The van der Waals surface area contributed by atoms with Crippen molar-refractivity contribution in [1.82, 2.24) is 10.3 Å². The van der Waals surface area contributed by atoms with Gasteiger partial charge in [0.05, 0.1) is 0 Å². The zero-order chi connectivity index (χ0) is 17.9. The summed E-state index contributed by atoms with van der Waals surface area (Å²) in [5.41, 5.74) is 1.85. The van der Waals surface area contributed by atoms with Gasteiger partial charge >= 0.3 is 0 Å². The number of carbonyl (C=O) groups is 1. The number of aromatic nitrogens is 1. The first-order valence-corrected chi connectivity index (χ1v) is 8.44. The first-order valence-electron chi connectivity index (χ1n) is 8.07. The minimum absolute atomic E-state index is 0.218. The van der Waals surface area contributed by atoms with Crippen molar-refractivity contribution in [2.24, 2.45) is 0 Å². The molecule has 2 heterocycles. The van der Waals surface area contributed by atoms with Crippen molar-refractivity contribution in [2.75, 3.05) is 13.2 Å². The Kier molecular flexibility index (Phi) is 4.50. The highest BCUT2D eigenvalue weighted by atomic mass is 35.5. The fraction of sp³-hybridized carbons (Fsp3) is 0.158. The third kappa shape index (κ3) is 3.36. The summed E-state index contributed by atoms with van der Waals surface area (Å²) in [4.78, 5) is 16.6.